The van der Waals surface area contributed by atoms with Crippen molar-refractivity contribution in [2.24, 2.45) is 11.7 Å². The zero-order valence-electron chi connectivity index (χ0n) is 10.5. The van der Waals surface area contributed by atoms with Crippen LogP contribution in [-0.2, 0) is 4.74 Å². The molecule has 4 unspecified atom stereocenters. The van der Waals surface area contributed by atoms with E-state index in [9.17, 15) is 0 Å². The molecule has 1 saturated heterocycles. The van der Waals surface area contributed by atoms with E-state index >= 15 is 0 Å². The highest BCUT2D eigenvalue weighted by atomic mass is 79.9. The number of hydrogen-bond acceptors (Lipinski definition) is 4. The highest BCUT2D eigenvalue weighted by molar-refractivity contribution is 9.10. The summed E-state index contributed by atoms with van der Waals surface area (Å²) in [7, 11) is 0. The number of ether oxygens (including phenoxy) is 1. The summed E-state index contributed by atoms with van der Waals surface area (Å²) < 4.78 is 6.75. The van der Waals surface area contributed by atoms with Crippen LogP contribution >= 0.6 is 15.9 Å². The Morgan fingerprint density at radius 3 is 3.11 bits per heavy atom. The largest absolute Gasteiger partial charge is 0.377 e. The predicted molar refractivity (Wildman–Crippen MR) is 76.7 cm³/mol. The van der Waals surface area contributed by atoms with Crippen LogP contribution in [0, 0.1) is 17.2 Å². The Bertz CT molecular complexity index is 528. The van der Waals surface area contributed by atoms with Gasteiger partial charge in [-0.15, -0.1) is 0 Å². The minimum atomic E-state index is 0.103. The van der Waals surface area contributed by atoms with Crippen LogP contribution in [0.15, 0.2) is 22.7 Å². The first-order valence-corrected chi connectivity index (χ1v) is 7.33. The van der Waals surface area contributed by atoms with Gasteiger partial charge in [-0.25, -0.2) is 0 Å². The molecule has 1 saturated carbocycles. The second-order valence-electron chi connectivity index (χ2n) is 5.19. The molecule has 0 aromatic heterocycles. The molecule has 0 bridgehead atoms. The molecule has 0 amide bonds. The zero-order valence-corrected chi connectivity index (χ0v) is 12.1. The van der Waals surface area contributed by atoms with Gasteiger partial charge in [0.25, 0.3) is 0 Å². The maximum Gasteiger partial charge on any atom is 0.101 e. The lowest BCUT2D eigenvalue weighted by atomic mass is 9.68. The summed E-state index contributed by atoms with van der Waals surface area (Å²) >= 11 is 3.43. The number of nitrogens with one attached hydrogen (secondary N) is 1. The fourth-order valence-electron chi connectivity index (χ4n) is 3.04. The third-order valence-corrected chi connectivity index (χ3v) is 4.59. The summed E-state index contributed by atoms with van der Waals surface area (Å²) in [6.45, 7) is 0.815. The van der Waals surface area contributed by atoms with Crippen LogP contribution in [0.1, 0.15) is 18.4 Å². The first-order valence-electron chi connectivity index (χ1n) is 6.54. The molecular weight excluding hydrogens is 306 g/mol. The van der Waals surface area contributed by atoms with Crippen molar-refractivity contribution in [2.45, 2.75) is 31.0 Å². The van der Waals surface area contributed by atoms with Crippen molar-refractivity contribution in [3.8, 4) is 6.07 Å². The average molecular weight is 322 g/mol. The molecule has 1 aliphatic heterocycles. The second-order valence-corrected chi connectivity index (χ2v) is 6.11. The number of fused-ring (bicyclic) bond motifs is 1. The molecule has 1 aromatic rings. The van der Waals surface area contributed by atoms with Crippen molar-refractivity contribution in [1.29, 1.82) is 5.26 Å². The molecule has 3 N–H and O–H groups in total. The molecule has 100 valence electrons. The maximum atomic E-state index is 9.14. The van der Waals surface area contributed by atoms with Crippen molar-refractivity contribution in [3.05, 3.63) is 28.2 Å². The van der Waals surface area contributed by atoms with Gasteiger partial charge in [-0.2, -0.15) is 5.26 Å². The van der Waals surface area contributed by atoms with Crippen LogP contribution in [0.4, 0.5) is 5.69 Å². The van der Waals surface area contributed by atoms with Crippen molar-refractivity contribution in [1.82, 2.24) is 0 Å². The fraction of sp³-hybridized carbons (Fsp3) is 0.500. The minimum Gasteiger partial charge on any atom is -0.377 e. The quantitative estimate of drug-likeness (QED) is 0.876. The normalized spacial score (nSPS) is 32.9. The van der Waals surface area contributed by atoms with Gasteiger partial charge in [0, 0.05) is 23.0 Å². The molecule has 3 rings (SSSR count). The van der Waals surface area contributed by atoms with Gasteiger partial charge in [0.15, 0.2) is 0 Å². The van der Waals surface area contributed by atoms with Gasteiger partial charge in [0.2, 0.25) is 0 Å². The number of hydrogen-bond donors (Lipinski definition) is 2. The number of nitriles is 1. The molecule has 4 nitrogen and oxygen atoms in total. The summed E-state index contributed by atoms with van der Waals surface area (Å²) in [6, 6.07) is 7.99. The topological polar surface area (TPSA) is 71.1 Å². The predicted octanol–water partition coefficient (Wildman–Crippen LogP) is 2.24. The Labute approximate surface area is 121 Å². The summed E-state index contributed by atoms with van der Waals surface area (Å²) in [5, 5.41) is 12.5. The first-order chi connectivity index (χ1) is 9.20. The van der Waals surface area contributed by atoms with E-state index in [-0.39, 0.29) is 18.2 Å². The van der Waals surface area contributed by atoms with Crippen LogP contribution in [0.5, 0.6) is 0 Å². The molecule has 19 heavy (non-hydrogen) atoms. The minimum absolute atomic E-state index is 0.103. The number of benzene rings is 1. The van der Waals surface area contributed by atoms with Gasteiger partial charge < -0.3 is 15.8 Å². The van der Waals surface area contributed by atoms with Gasteiger partial charge in [-0.05, 0) is 31.0 Å². The molecule has 5 heteroatoms. The Balaban J connectivity index is 1.79. The Hall–Kier alpha value is -1.09. The molecule has 4 atom stereocenters. The van der Waals surface area contributed by atoms with E-state index in [0.717, 1.165) is 29.6 Å². The van der Waals surface area contributed by atoms with Gasteiger partial charge in [0.05, 0.1) is 23.4 Å². The standard InChI is InChI=1S/C14H16BrN3O/c15-9-4-3-8(7-16)11(6-9)18-13-12(17)10-2-1-5-19-14(10)13/h3-4,6,10,12-14,18H,1-2,5,17H2. The van der Waals surface area contributed by atoms with E-state index < -0.39 is 0 Å². The van der Waals surface area contributed by atoms with Crippen LogP contribution in [0.25, 0.3) is 0 Å². The number of rotatable bonds is 2. The fourth-order valence-corrected chi connectivity index (χ4v) is 3.40. The van der Waals surface area contributed by atoms with E-state index in [2.05, 4.69) is 27.3 Å². The van der Waals surface area contributed by atoms with Crippen molar-refractivity contribution in [2.75, 3.05) is 11.9 Å². The SMILES string of the molecule is N#Cc1ccc(Br)cc1NC1C(N)C2CCCOC21. The van der Waals surface area contributed by atoms with Crippen molar-refractivity contribution in [3.63, 3.8) is 0 Å². The Morgan fingerprint density at radius 2 is 2.32 bits per heavy atom. The molecule has 1 aromatic carbocycles. The molecule has 0 spiro atoms. The first kappa shape index (κ1) is 12.9. The summed E-state index contributed by atoms with van der Waals surface area (Å²) in [5.41, 5.74) is 7.68. The molecule has 0 radical (unpaired) electrons. The highest BCUT2D eigenvalue weighted by Crippen LogP contribution is 2.39. The van der Waals surface area contributed by atoms with E-state index in [1.54, 1.807) is 6.07 Å². The second kappa shape index (κ2) is 5.12. The summed E-state index contributed by atoms with van der Waals surface area (Å²) in [6.07, 6.45) is 2.43. The summed E-state index contributed by atoms with van der Waals surface area (Å²) in [4.78, 5) is 0. The molecule has 2 fully saturated rings. The maximum absolute atomic E-state index is 9.14. The van der Waals surface area contributed by atoms with E-state index in [1.165, 1.54) is 0 Å². The van der Waals surface area contributed by atoms with Crippen LogP contribution in [0.3, 0.4) is 0 Å². The van der Waals surface area contributed by atoms with Crippen molar-refractivity contribution >= 4 is 21.6 Å². The zero-order chi connectivity index (χ0) is 13.4. The molecule has 1 heterocycles. The smallest absolute Gasteiger partial charge is 0.101 e. The van der Waals surface area contributed by atoms with E-state index in [0.29, 0.717) is 11.5 Å². The highest BCUT2D eigenvalue weighted by Gasteiger charge is 2.50. The van der Waals surface area contributed by atoms with Crippen molar-refractivity contribution < 1.29 is 4.74 Å². The number of nitrogens with zero attached hydrogens (tertiary/aromatic N) is 1. The van der Waals surface area contributed by atoms with Crippen LogP contribution in [0.2, 0.25) is 0 Å². The van der Waals surface area contributed by atoms with Gasteiger partial charge in [-0.1, -0.05) is 15.9 Å². The van der Waals surface area contributed by atoms with Crippen LogP contribution < -0.4 is 11.1 Å². The third kappa shape index (κ3) is 2.25. The summed E-state index contributed by atoms with van der Waals surface area (Å²) in [5.74, 6) is 0.462. The Morgan fingerprint density at radius 1 is 1.47 bits per heavy atom. The lowest BCUT2D eigenvalue weighted by Crippen LogP contribution is -2.69. The molecular formula is C14H16BrN3O. The van der Waals surface area contributed by atoms with Gasteiger partial charge in [-0.3, -0.25) is 0 Å². The van der Waals surface area contributed by atoms with Crippen LogP contribution in [-0.4, -0.2) is 24.8 Å². The monoisotopic (exact) mass is 321 g/mol. The van der Waals surface area contributed by atoms with E-state index in [1.807, 2.05) is 12.1 Å². The third-order valence-electron chi connectivity index (χ3n) is 4.10. The van der Waals surface area contributed by atoms with E-state index in [4.69, 9.17) is 15.7 Å². The number of anilines is 1. The lowest BCUT2D eigenvalue weighted by molar-refractivity contribution is -0.104. The molecule has 2 aliphatic rings. The Kier molecular flexibility index (Phi) is 3.48. The lowest BCUT2D eigenvalue weighted by Gasteiger charge is -2.52. The van der Waals surface area contributed by atoms with Gasteiger partial charge in [0.1, 0.15) is 6.07 Å². The number of halogens is 1. The number of nitrogens with two attached hydrogens (primary N) is 1. The molecule has 1 aliphatic carbocycles. The van der Waals surface area contributed by atoms with Gasteiger partial charge >= 0.3 is 0 Å². The average Bonchev–Trinajstić information content (AvgIpc) is 2.44.